The topological polar surface area (TPSA) is 23.6 Å². The van der Waals surface area contributed by atoms with E-state index in [1.807, 2.05) is 35.2 Å². The van der Waals surface area contributed by atoms with Crippen molar-refractivity contribution in [3.05, 3.63) is 35.9 Å². The highest BCUT2D eigenvalue weighted by molar-refractivity contribution is 5.94. The first-order chi connectivity index (χ1) is 8.21. The van der Waals surface area contributed by atoms with Gasteiger partial charge < -0.3 is 4.90 Å². The van der Waals surface area contributed by atoms with E-state index >= 15 is 0 Å². The number of benzene rings is 1. The van der Waals surface area contributed by atoms with Gasteiger partial charge in [0.1, 0.15) is 0 Å². The molecule has 0 aliphatic carbocycles. The zero-order valence-electron chi connectivity index (χ0n) is 10.2. The Morgan fingerprint density at radius 2 is 1.94 bits per heavy atom. The molecule has 0 radical (unpaired) electrons. The van der Waals surface area contributed by atoms with Crippen LogP contribution in [-0.2, 0) is 0 Å². The van der Waals surface area contributed by atoms with E-state index in [2.05, 4.69) is 11.9 Å². The van der Waals surface area contributed by atoms with Gasteiger partial charge in [0.25, 0.3) is 5.91 Å². The molecule has 3 rings (SSSR count). The minimum Gasteiger partial charge on any atom is -0.335 e. The number of rotatable bonds is 1. The number of hydrogen-bond acceptors (Lipinski definition) is 2. The zero-order chi connectivity index (χ0) is 11.9. The third-order valence-corrected chi connectivity index (χ3v) is 4.22. The molecule has 2 saturated heterocycles. The first kappa shape index (κ1) is 10.8. The predicted molar refractivity (Wildman–Crippen MR) is 66.9 cm³/mol. The highest BCUT2D eigenvalue weighted by atomic mass is 16.2. The monoisotopic (exact) mass is 230 g/mol. The molecule has 17 heavy (non-hydrogen) atoms. The lowest BCUT2D eigenvalue weighted by Crippen LogP contribution is -2.68. The number of likely N-dealkylation sites (N-methyl/N-ethyl adjacent to an activating group) is 1. The summed E-state index contributed by atoms with van der Waals surface area (Å²) < 4.78 is 0. The Morgan fingerprint density at radius 1 is 1.24 bits per heavy atom. The minimum absolute atomic E-state index is 0.177. The Balaban J connectivity index is 1.68. The van der Waals surface area contributed by atoms with Crippen LogP contribution in [0.15, 0.2) is 30.3 Å². The lowest BCUT2D eigenvalue weighted by molar-refractivity contribution is -0.00728. The SMILES string of the molecule is CN1CCCC12CN(C(=O)c1ccccc1)C2. The van der Waals surface area contributed by atoms with E-state index in [-0.39, 0.29) is 5.91 Å². The molecule has 3 heteroatoms. The molecule has 0 atom stereocenters. The molecule has 1 amide bonds. The molecule has 2 aliphatic rings. The summed E-state index contributed by atoms with van der Waals surface area (Å²) in [5, 5.41) is 0. The van der Waals surface area contributed by atoms with Crippen LogP contribution in [0.1, 0.15) is 23.2 Å². The van der Waals surface area contributed by atoms with E-state index in [0.717, 1.165) is 18.7 Å². The summed E-state index contributed by atoms with van der Waals surface area (Å²) in [6.07, 6.45) is 2.51. The summed E-state index contributed by atoms with van der Waals surface area (Å²) >= 11 is 0. The van der Waals surface area contributed by atoms with Gasteiger partial charge in [-0.05, 0) is 38.6 Å². The Morgan fingerprint density at radius 3 is 2.53 bits per heavy atom. The number of nitrogens with zero attached hydrogens (tertiary/aromatic N) is 2. The van der Waals surface area contributed by atoms with Crippen LogP contribution in [-0.4, -0.2) is 47.9 Å². The van der Waals surface area contributed by atoms with Crippen molar-refractivity contribution >= 4 is 5.91 Å². The number of amides is 1. The molecule has 1 aromatic rings. The Hall–Kier alpha value is -1.35. The van der Waals surface area contributed by atoms with Gasteiger partial charge in [0.15, 0.2) is 0 Å². The summed E-state index contributed by atoms with van der Waals surface area (Å²) in [7, 11) is 2.18. The van der Waals surface area contributed by atoms with Crippen LogP contribution in [0.5, 0.6) is 0 Å². The van der Waals surface area contributed by atoms with E-state index < -0.39 is 0 Å². The lowest BCUT2D eigenvalue weighted by Gasteiger charge is -2.51. The molecule has 0 aromatic heterocycles. The number of likely N-dealkylation sites (tertiary alicyclic amines) is 2. The number of carbonyl (C=O) groups excluding carboxylic acids is 1. The average molecular weight is 230 g/mol. The first-order valence-corrected chi connectivity index (χ1v) is 6.27. The van der Waals surface area contributed by atoms with Crippen molar-refractivity contribution in [1.82, 2.24) is 9.80 Å². The summed E-state index contributed by atoms with van der Waals surface area (Å²) in [4.78, 5) is 16.6. The summed E-state index contributed by atoms with van der Waals surface area (Å²) in [6.45, 7) is 2.97. The van der Waals surface area contributed by atoms with Crippen LogP contribution >= 0.6 is 0 Å². The van der Waals surface area contributed by atoms with Crippen molar-refractivity contribution in [2.45, 2.75) is 18.4 Å². The van der Waals surface area contributed by atoms with Crippen molar-refractivity contribution in [3.8, 4) is 0 Å². The molecule has 0 bridgehead atoms. The summed E-state index contributed by atoms with van der Waals surface area (Å²) in [5.74, 6) is 0.177. The van der Waals surface area contributed by atoms with Gasteiger partial charge in [-0.2, -0.15) is 0 Å². The fourth-order valence-corrected chi connectivity index (χ4v) is 3.04. The standard InChI is InChI=1S/C14H18N2O/c1-15-9-5-8-14(15)10-16(11-14)13(17)12-6-3-2-4-7-12/h2-4,6-7H,5,8-11H2,1H3. The van der Waals surface area contributed by atoms with E-state index in [0.29, 0.717) is 5.54 Å². The third-order valence-electron chi connectivity index (χ3n) is 4.22. The second kappa shape index (κ2) is 3.84. The molecule has 0 unspecified atom stereocenters. The van der Waals surface area contributed by atoms with Gasteiger partial charge in [0.2, 0.25) is 0 Å². The van der Waals surface area contributed by atoms with E-state index in [1.165, 1.54) is 19.4 Å². The Bertz CT molecular complexity index is 423. The van der Waals surface area contributed by atoms with Gasteiger partial charge in [0, 0.05) is 18.7 Å². The molecule has 1 spiro atoms. The van der Waals surface area contributed by atoms with Crippen molar-refractivity contribution in [1.29, 1.82) is 0 Å². The fourth-order valence-electron chi connectivity index (χ4n) is 3.04. The summed E-state index contributed by atoms with van der Waals surface area (Å²) in [6, 6.07) is 9.57. The number of carbonyl (C=O) groups is 1. The normalized spacial score (nSPS) is 22.8. The molecular weight excluding hydrogens is 212 g/mol. The molecule has 1 aromatic carbocycles. The van der Waals surface area contributed by atoms with Gasteiger partial charge in [-0.3, -0.25) is 9.69 Å². The maximum absolute atomic E-state index is 12.2. The maximum Gasteiger partial charge on any atom is 0.253 e. The quantitative estimate of drug-likeness (QED) is 0.731. The second-order valence-corrected chi connectivity index (χ2v) is 5.28. The highest BCUT2D eigenvalue weighted by Crippen LogP contribution is 2.36. The molecule has 2 aliphatic heterocycles. The first-order valence-electron chi connectivity index (χ1n) is 6.27. The maximum atomic E-state index is 12.2. The van der Waals surface area contributed by atoms with Crippen molar-refractivity contribution in [2.75, 3.05) is 26.7 Å². The molecule has 90 valence electrons. The van der Waals surface area contributed by atoms with Crippen LogP contribution in [0.3, 0.4) is 0 Å². The molecule has 3 nitrogen and oxygen atoms in total. The Labute approximate surface area is 102 Å². The number of hydrogen-bond donors (Lipinski definition) is 0. The van der Waals surface area contributed by atoms with Crippen LogP contribution in [0.2, 0.25) is 0 Å². The predicted octanol–water partition coefficient (Wildman–Crippen LogP) is 1.61. The summed E-state index contributed by atoms with van der Waals surface area (Å²) in [5.41, 5.74) is 1.10. The van der Waals surface area contributed by atoms with E-state index in [4.69, 9.17) is 0 Å². The van der Waals surface area contributed by atoms with Gasteiger partial charge in [-0.15, -0.1) is 0 Å². The molecule has 2 fully saturated rings. The van der Waals surface area contributed by atoms with Crippen LogP contribution in [0.25, 0.3) is 0 Å². The van der Waals surface area contributed by atoms with Crippen LogP contribution in [0.4, 0.5) is 0 Å². The molecule has 0 N–H and O–H groups in total. The zero-order valence-corrected chi connectivity index (χ0v) is 10.2. The minimum atomic E-state index is 0.177. The molecule has 2 heterocycles. The average Bonchev–Trinajstić information content (AvgIpc) is 2.69. The van der Waals surface area contributed by atoms with Gasteiger partial charge in [-0.25, -0.2) is 0 Å². The fraction of sp³-hybridized carbons (Fsp3) is 0.500. The van der Waals surface area contributed by atoms with Crippen LogP contribution < -0.4 is 0 Å². The van der Waals surface area contributed by atoms with Crippen molar-refractivity contribution in [2.24, 2.45) is 0 Å². The molecular formula is C14H18N2O. The van der Waals surface area contributed by atoms with Crippen molar-refractivity contribution < 1.29 is 4.79 Å². The second-order valence-electron chi connectivity index (χ2n) is 5.28. The van der Waals surface area contributed by atoms with E-state index in [9.17, 15) is 4.79 Å². The van der Waals surface area contributed by atoms with Gasteiger partial charge >= 0.3 is 0 Å². The van der Waals surface area contributed by atoms with Crippen molar-refractivity contribution in [3.63, 3.8) is 0 Å². The third kappa shape index (κ3) is 1.65. The largest absolute Gasteiger partial charge is 0.335 e. The highest BCUT2D eigenvalue weighted by Gasteiger charge is 2.50. The van der Waals surface area contributed by atoms with Gasteiger partial charge in [-0.1, -0.05) is 18.2 Å². The van der Waals surface area contributed by atoms with Gasteiger partial charge in [0.05, 0.1) is 5.54 Å². The van der Waals surface area contributed by atoms with E-state index in [1.54, 1.807) is 0 Å². The van der Waals surface area contributed by atoms with Crippen LogP contribution in [0, 0.1) is 0 Å². The Kier molecular flexibility index (Phi) is 2.44. The molecule has 0 saturated carbocycles. The lowest BCUT2D eigenvalue weighted by atomic mass is 9.86. The smallest absolute Gasteiger partial charge is 0.253 e.